The van der Waals surface area contributed by atoms with Gasteiger partial charge in [-0.2, -0.15) is 13.2 Å². The Hall–Kier alpha value is -3.80. The summed E-state index contributed by atoms with van der Waals surface area (Å²) in [6, 6.07) is 18.7. The zero-order valence-corrected chi connectivity index (χ0v) is 28.6. The summed E-state index contributed by atoms with van der Waals surface area (Å²) in [6.07, 6.45) is -2.04. The molecule has 3 heterocycles. The van der Waals surface area contributed by atoms with E-state index in [1.165, 1.54) is 41.3 Å². The van der Waals surface area contributed by atoms with Gasteiger partial charge < -0.3 is 23.9 Å². The lowest BCUT2D eigenvalue weighted by Crippen LogP contribution is -2.43. The third kappa shape index (κ3) is 13.9. The number of benzene rings is 2. The molecule has 2 saturated heterocycles. The van der Waals surface area contributed by atoms with Crippen molar-refractivity contribution in [2.45, 2.75) is 39.0 Å². The van der Waals surface area contributed by atoms with Crippen molar-refractivity contribution in [3.63, 3.8) is 0 Å². The first kappa shape index (κ1) is 43.2. The topological polar surface area (TPSA) is 111 Å². The van der Waals surface area contributed by atoms with Crippen molar-refractivity contribution in [2.75, 3.05) is 55.0 Å². The molecular formula is C34H44F5IN6O3. The van der Waals surface area contributed by atoms with E-state index in [9.17, 15) is 26.7 Å². The highest BCUT2D eigenvalue weighted by Crippen LogP contribution is 2.34. The van der Waals surface area contributed by atoms with Crippen molar-refractivity contribution in [3.8, 4) is 0 Å². The molecule has 270 valence electrons. The number of hydrogen-bond acceptors (Lipinski definition) is 8. The van der Waals surface area contributed by atoms with E-state index in [2.05, 4.69) is 42.1 Å². The highest BCUT2D eigenvalue weighted by atomic mass is 127. The molecule has 2 aliphatic heterocycles. The number of carbonyl (C=O) groups is 1. The average Bonchev–Trinajstić information content (AvgIpc) is 3.11. The number of hydrogen-bond donors (Lipinski definition) is 5. The lowest BCUT2D eigenvalue weighted by atomic mass is 9.87. The zero-order chi connectivity index (χ0) is 35.6. The van der Waals surface area contributed by atoms with E-state index in [0.717, 1.165) is 57.6 Å². The van der Waals surface area contributed by atoms with Crippen LogP contribution in [0.5, 0.6) is 0 Å². The Balaban J connectivity index is 0.000000401. The first-order chi connectivity index (χ1) is 23.0. The second kappa shape index (κ2) is 22.0. The molecule has 0 aliphatic carbocycles. The molecule has 0 unspecified atom stereocenters. The minimum atomic E-state index is -4.64. The molecule has 1 aromatic heterocycles. The Labute approximate surface area is 298 Å². The maximum Gasteiger partial charge on any atom is 0.416 e. The largest absolute Gasteiger partial charge is 0.421 e. The molecule has 15 heteroatoms. The molecule has 3 aromatic rings. The summed E-state index contributed by atoms with van der Waals surface area (Å²) >= 11 is 1.25. The van der Waals surface area contributed by atoms with Crippen LogP contribution in [0.3, 0.4) is 0 Å². The second-order valence-electron chi connectivity index (χ2n) is 10.3. The van der Waals surface area contributed by atoms with Gasteiger partial charge in [0, 0.05) is 26.2 Å². The highest BCUT2D eigenvalue weighted by molar-refractivity contribution is 14.1. The summed E-state index contributed by atoms with van der Waals surface area (Å²) in [5, 5.41) is 17.0. The summed E-state index contributed by atoms with van der Waals surface area (Å²) in [6.45, 7) is 11.7. The molecule has 2 aliphatic rings. The fourth-order valence-electron chi connectivity index (χ4n) is 4.52. The normalized spacial score (nSPS) is 15.5. The van der Waals surface area contributed by atoms with Gasteiger partial charge in [0.25, 0.3) is 5.91 Å². The van der Waals surface area contributed by atoms with Gasteiger partial charge in [0.15, 0.2) is 23.0 Å². The van der Waals surface area contributed by atoms with Gasteiger partial charge in [0.1, 0.15) is 17.3 Å². The minimum absolute atomic E-state index is 0. The molecule has 2 aromatic carbocycles. The number of nitrogens with zero attached hydrogens (tertiary/aromatic N) is 2. The Bertz CT molecular complexity index is 1420. The molecule has 49 heavy (non-hydrogen) atoms. The van der Waals surface area contributed by atoms with Crippen LogP contribution in [0, 0.1) is 5.82 Å². The van der Waals surface area contributed by atoms with E-state index in [1.54, 1.807) is 29.7 Å². The number of piperidine rings is 1. The molecule has 2 fully saturated rings. The van der Waals surface area contributed by atoms with Crippen LogP contribution in [-0.2, 0) is 13.5 Å². The Morgan fingerprint density at radius 2 is 1.55 bits per heavy atom. The van der Waals surface area contributed by atoms with Crippen molar-refractivity contribution < 1.29 is 35.0 Å². The van der Waals surface area contributed by atoms with Crippen LogP contribution in [0.15, 0.2) is 97.4 Å². The van der Waals surface area contributed by atoms with Gasteiger partial charge in [-0.25, -0.2) is 13.8 Å². The molecule has 5 N–H and O–H groups in total. The van der Waals surface area contributed by atoms with Crippen LogP contribution in [-0.4, -0.2) is 61.5 Å². The molecule has 0 saturated carbocycles. The number of rotatable bonds is 6. The number of anilines is 3. The predicted octanol–water partition coefficient (Wildman–Crippen LogP) is 7.93. The van der Waals surface area contributed by atoms with Gasteiger partial charge in [-0.3, -0.25) is 15.5 Å². The predicted molar refractivity (Wildman–Crippen MR) is 193 cm³/mol. The number of aromatic nitrogens is 1. The second-order valence-corrected chi connectivity index (χ2v) is 10.7. The number of carbonyl (C=O) groups excluding carboxylic acids is 1. The van der Waals surface area contributed by atoms with Crippen LogP contribution < -0.4 is 26.3 Å². The number of alkyl halides is 4. The number of nitrogens with one attached hydrogen (secondary N) is 4. The summed E-state index contributed by atoms with van der Waals surface area (Å²) in [5.41, 5.74) is 0.749. The zero-order valence-electron chi connectivity index (χ0n) is 26.4. The maximum atomic E-state index is 14.3. The fraction of sp³-hybridized carbons (Fsp3) is 0.353. The first-order valence-electron chi connectivity index (χ1n) is 14.9. The number of pyridine rings is 1. The van der Waals surface area contributed by atoms with Gasteiger partial charge in [-0.1, -0.05) is 49.9 Å². The Morgan fingerprint density at radius 1 is 0.980 bits per heavy atom. The van der Waals surface area contributed by atoms with E-state index in [-0.39, 0.29) is 13.1 Å². The molecule has 5 rings (SSSR count). The van der Waals surface area contributed by atoms with E-state index < -0.39 is 34.9 Å². The van der Waals surface area contributed by atoms with Crippen LogP contribution in [0.2, 0.25) is 0 Å². The van der Waals surface area contributed by atoms with E-state index in [1.807, 2.05) is 30.3 Å². The van der Waals surface area contributed by atoms with Gasteiger partial charge in [-0.05, 0) is 62.7 Å². The van der Waals surface area contributed by atoms with Gasteiger partial charge in [0.2, 0.25) is 5.76 Å². The quantitative estimate of drug-likeness (QED) is 0.0427. The molecular weight excluding hydrogens is 762 g/mol. The van der Waals surface area contributed by atoms with E-state index >= 15 is 0 Å². The first-order valence-corrected chi connectivity index (χ1v) is 15.8. The number of amides is 1. The molecule has 0 bridgehead atoms. The fourth-order valence-corrected chi connectivity index (χ4v) is 5.05. The number of piperazine rings is 1. The van der Waals surface area contributed by atoms with E-state index in [4.69, 9.17) is 5.21 Å². The van der Waals surface area contributed by atoms with Gasteiger partial charge in [-0.15, -0.1) is 13.2 Å². The standard InChI is InChI=1S/C14H16F3IN4O2.C11H14FN.C6H6FNO.C2H4.CH4/c1-9(14(15,16)17)12(24-18)13(23)21-10-2-3-11(20-8-10)22-6-4-19-5-7-22;12-11(6-8-13-9-7-11)10-4-2-1-3-5-10;7-5-3-1-2-4-6(5)8-9;1-2;/h2-3,8,19H,4-7H2,1H3,(H,21,23);1-5,13H,6-9H2;1-4,8-9H;1-2H2;1H4/b12-9+;;;;. The molecule has 9 nitrogen and oxygen atoms in total. The molecule has 1 amide bonds. The van der Waals surface area contributed by atoms with Crippen molar-refractivity contribution in [2.24, 2.45) is 0 Å². The van der Waals surface area contributed by atoms with Gasteiger partial charge >= 0.3 is 6.18 Å². The average molecular weight is 807 g/mol. The Morgan fingerprint density at radius 3 is 2.04 bits per heavy atom. The number of allylic oxidation sites excluding steroid dienone is 1. The lowest BCUT2D eigenvalue weighted by Gasteiger charge is -2.30. The van der Waals surface area contributed by atoms with Crippen molar-refractivity contribution in [3.05, 3.63) is 109 Å². The maximum absolute atomic E-state index is 14.3. The molecule has 0 spiro atoms. The SMILES string of the molecule is C.C/C(=C(\OI)C(=O)Nc1ccc(N2CCNCC2)nc1)C(F)(F)F.C=C.FC1(c2ccccc2)CCNCC1.ONc1ccccc1F. The van der Waals surface area contributed by atoms with Crippen LogP contribution in [0.4, 0.5) is 39.1 Å². The third-order valence-electron chi connectivity index (χ3n) is 7.18. The van der Waals surface area contributed by atoms with Gasteiger partial charge in [0.05, 0.1) is 23.1 Å². The lowest BCUT2D eigenvalue weighted by molar-refractivity contribution is -0.117. The van der Waals surface area contributed by atoms with Crippen molar-refractivity contribution in [1.82, 2.24) is 15.6 Å². The van der Waals surface area contributed by atoms with Crippen LogP contribution in [0.1, 0.15) is 32.8 Å². The highest BCUT2D eigenvalue weighted by Gasteiger charge is 2.36. The van der Waals surface area contributed by atoms with Crippen LogP contribution in [0.25, 0.3) is 0 Å². The van der Waals surface area contributed by atoms with Crippen LogP contribution >= 0.6 is 23.0 Å². The van der Waals surface area contributed by atoms with Crippen molar-refractivity contribution in [1.29, 1.82) is 0 Å². The third-order valence-corrected chi connectivity index (χ3v) is 7.62. The number of para-hydroxylation sites is 1. The smallest absolute Gasteiger partial charge is 0.416 e. The van der Waals surface area contributed by atoms with E-state index in [0.29, 0.717) is 18.5 Å². The molecule has 0 atom stereocenters. The molecule has 0 radical (unpaired) electrons. The monoisotopic (exact) mass is 806 g/mol. The summed E-state index contributed by atoms with van der Waals surface area (Å²) in [7, 11) is 0. The summed E-state index contributed by atoms with van der Waals surface area (Å²) in [5.74, 6) is -1.47. The summed E-state index contributed by atoms with van der Waals surface area (Å²) < 4.78 is 69.3. The van der Waals surface area contributed by atoms with Crippen molar-refractivity contribution >= 4 is 46.1 Å². The number of halogens is 6. The Kier molecular flexibility index (Phi) is 19.4. The summed E-state index contributed by atoms with van der Waals surface area (Å²) in [4.78, 5) is 18.3. The minimum Gasteiger partial charge on any atom is -0.421 e.